The molecule has 0 radical (unpaired) electrons. The molecule has 3 saturated carbocycles. The lowest BCUT2D eigenvalue weighted by molar-refractivity contribution is 0.0617. The van der Waals surface area contributed by atoms with Crippen molar-refractivity contribution in [2.75, 3.05) is 0 Å². The zero-order chi connectivity index (χ0) is 15.3. The maximum atomic E-state index is 2.64. The van der Waals surface area contributed by atoms with Gasteiger partial charge in [-0.3, -0.25) is 0 Å². The summed E-state index contributed by atoms with van der Waals surface area (Å²) >= 11 is 0. The largest absolute Gasteiger partial charge is 0.0599 e. The van der Waals surface area contributed by atoms with Crippen LogP contribution in [0.25, 0.3) is 0 Å². The van der Waals surface area contributed by atoms with E-state index in [4.69, 9.17) is 0 Å². The Balaban J connectivity index is 1.84. The van der Waals surface area contributed by atoms with E-state index in [0.717, 1.165) is 29.6 Å². The van der Waals surface area contributed by atoms with Gasteiger partial charge in [-0.1, -0.05) is 60.3 Å². The average molecular weight is 291 g/mol. The molecule has 4 atom stereocenters. The van der Waals surface area contributed by atoms with Crippen molar-refractivity contribution in [3.05, 3.63) is 0 Å². The second-order valence-electron chi connectivity index (χ2n) is 10.2. The topological polar surface area (TPSA) is 0 Å². The summed E-state index contributed by atoms with van der Waals surface area (Å²) < 4.78 is 0. The SMILES string of the molecule is CC(C)(C)C1CC(C(C)(C)C2CCCC2)C2CCCCC21. The fourth-order valence-electron chi connectivity index (χ4n) is 6.63. The van der Waals surface area contributed by atoms with Gasteiger partial charge in [-0.05, 0) is 72.5 Å². The molecular formula is C21H38. The van der Waals surface area contributed by atoms with Crippen LogP contribution in [-0.4, -0.2) is 0 Å². The number of hydrogen-bond acceptors (Lipinski definition) is 0. The summed E-state index contributed by atoms with van der Waals surface area (Å²) in [6.07, 6.45) is 13.6. The van der Waals surface area contributed by atoms with Crippen LogP contribution in [0.4, 0.5) is 0 Å². The lowest BCUT2D eigenvalue weighted by Crippen LogP contribution is -2.35. The van der Waals surface area contributed by atoms with Gasteiger partial charge in [-0.15, -0.1) is 0 Å². The molecule has 0 amide bonds. The van der Waals surface area contributed by atoms with Crippen molar-refractivity contribution in [1.29, 1.82) is 0 Å². The van der Waals surface area contributed by atoms with Gasteiger partial charge in [0.05, 0.1) is 0 Å². The van der Waals surface area contributed by atoms with E-state index in [9.17, 15) is 0 Å². The Kier molecular flexibility index (Phi) is 4.21. The summed E-state index contributed by atoms with van der Waals surface area (Å²) in [6.45, 7) is 12.8. The molecule has 21 heavy (non-hydrogen) atoms. The Labute approximate surface area is 133 Å². The van der Waals surface area contributed by atoms with Crippen LogP contribution in [0.2, 0.25) is 0 Å². The molecule has 0 aliphatic heterocycles. The van der Waals surface area contributed by atoms with E-state index in [1.807, 2.05) is 0 Å². The molecule has 122 valence electrons. The minimum Gasteiger partial charge on any atom is -0.0599 e. The molecule has 0 saturated heterocycles. The first-order chi connectivity index (χ1) is 9.82. The van der Waals surface area contributed by atoms with Crippen LogP contribution in [0.1, 0.15) is 92.4 Å². The zero-order valence-corrected chi connectivity index (χ0v) is 15.3. The second-order valence-corrected chi connectivity index (χ2v) is 10.2. The molecule has 3 rings (SSSR count). The van der Waals surface area contributed by atoms with Crippen molar-refractivity contribution in [2.24, 2.45) is 40.4 Å². The van der Waals surface area contributed by atoms with Crippen LogP contribution < -0.4 is 0 Å². The maximum absolute atomic E-state index is 2.64. The van der Waals surface area contributed by atoms with Gasteiger partial charge in [0.2, 0.25) is 0 Å². The molecule has 0 spiro atoms. The van der Waals surface area contributed by atoms with Gasteiger partial charge in [0.15, 0.2) is 0 Å². The molecule has 0 bridgehead atoms. The van der Waals surface area contributed by atoms with Gasteiger partial charge in [0.25, 0.3) is 0 Å². The second kappa shape index (κ2) is 5.57. The normalized spacial score (nSPS) is 38.7. The van der Waals surface area contributed by atoms with Crippen molar-refractivity contribution in [2.45, 2.75) is 92.4 Å². The fraction of sp³-hybridized carbons (Fsp3) is 1.00. The summed E-state index contributed by atoms with van der Waals surface area (Å²) in [6, 6.07) is 0. The minimum atomic E-state index is 0.515. The predicted octanol–water partition coefficient (Wildman–Crippen LogP) is 6.69. The van der Waals surface area contributed by atoms with Crippen LogP contribution in [0, 0.1) is 40.4 Å². The van der Waals surface area contributed by atoms with Gasteiger partial charge >= 0.3 is 0 Å². The lowest BCUT2D eigenvalue weighted by atomic mass is 9.62. The molecule has 0 N–H and O–H groups in total. The van der Waals surface area contributed by atoms with E-state index in [2.05, 4.69) is 34.6 Å². The predicted molar refractivity (Wildman–Crippen MR) is 92.2 cm³/mol. The van der Waals surface area contributed by atoms with E-state index in [0.29, 0.717) is 10.8 Å². The van der Waals surface area contributed by atoms with Crippen molar-refractivity contribution < 1.29 is 0 Å². The monoisotopic (exact) mass is 290 g/mol. The van der Waals surface area contributed by atoms with Crippen molar-refractivity contribution in [3.63, 3.8) is 0 Å². The van der Waals surface area contributed by atoms with Crippen molar-refractivity contribution in [1.82, 2.24) is 0 Å². The van der Waals surface area contributed by atoms with Crippen LogP contribution in [-0.2, 0) is 0 Å². The van der Waals surface area contributed by atoms with Crippen molar-refractivity contribution >= 4 is 0 Å². The third-order valence-corrected chi connectivity index (χ3v) is 7.89. The Morgan fingerprint density at radius 1 is 0.619 bits per heavy atom. The van der Waals surface area contributed by atoms with Gasteiger partial charge in [0.1, 0.15) is 0 Å². The van der Waals surface area contributed by atoms with Gasteiger partial charge in [-0.2, -0.15) is 0 Å². The quantitative estimate of drug-likeness (QED) is 0.531. The van der Waals surface area contributed by atoms with E-state index >= 15 is 0 Å². The van der Waals surface area contributed by atoms with Crippen LogP contribution in [0.15, 0.2) is 0 Å². The van der Waals surface area contributed by atoms with Gasteiger partial charge in [0, 0.05) is 0 Å². The van der Waals surface area contributed by atoms with Gasteiger partial charge < -0.3 is 0 Å². The Hall–Kier alpha value is 0. The van der Waals surface area contributed by atoms with Crippen LogP contribution >= 0.6 is 0 Å². The molecule has 3 aliphatic rings. The highest BCUT2D eigenvalue weighted by molar-refractivity contribution is 5.02. The Morgan fingerprint density at radius 3 is 1.62 bits per heavy atom. The standard InChI is InChI=1S/C21H38/c1-20(2,3)18-14-19(17-13-9-8-12-16(17)18)21(4,5)15-10-6-7-11-15/h15-19H,6-14H2,1-5H3. The first kappa shape index (κ1) is 15.9. The lowest BCUT2D eigenvalue weighted by Gasteiger charge is -2.43. The smallest absolute Gasteiger partial charge is 0.0295 e. The molecule has 0 heterocycles. The fourth-order valence-corrected chi connectivity index (χ4v) is 6.63. The van der Waals surface area contributed by atoms with Crippen LogP contribution in [0.3, 0.4) is 0 Å². The molecule has 0 nitrogen and oxygen atoms in total. The highest BCUT2D eigenvalue weighted by Crippen LogP contribution is 2.61. The van der Waals surface area contributed by atoms with Gasteiger partial charge in [-0.25, -0.2) is 0 Å². The van der Waals surface area contributed by atoms with E-state index in [-0.39, 0.29) is 0 Å². The summed E-state index contributed by atoms with van der Waals surface area (Å²) in [5.74, 6) is 5.11. The molecular weight excluding hydrogens is 252 g/mol. The molecule has 0 heteroatoms. The minimum absolute atomic E-state index is 0.515. The summed E-state index contributed by atoms with van der Waals surface area (Å²) in [5.41, 5.74) is 1.11. The van der Waals surface area contributed by atoms with E-state index in [1.54, 1.807) is 0 Å². The third-order valence-electron chi connectivity index (χ3n) is 7.89. The summed E-state index contributed by atoms with van der Waals surface area (Å²) in [5, 5.41) is 0. The summed E-state index contributed by atoms with van der Waals surface area (Å²) in [7, 11) is 0. The van der Waals surface area contributed by atoms with E-state index < -0.39 is 0 Å². The first-order valence-corrected chi connectivity index (χ1v) is 9.82. The Bertz CT molecular complexity index is 353. The Morgan fingerprint density at radius 2 is 1.10 bits per heavy atom. The highest BCUT2D eigenvalue weighted by atomic mass is 14.6. The molecule has 0 aromatic heterocycles. The highest BCUT2D eigenvalue weighted by Gasteiger charge is 2.53. The van der Waals surface area contributed by atoms with Crippen LogP contribution in [0.5, 0.6) is 0 Å². The third kappa shape index (κ3) is 2.81. The molecule has 4 unspecified atom stereocenters. The van der Waals surface area contributed by atoms with E-state index in [1.165, 1.54) is 57.8 Å². The molecule has 3 fully saturated rings. The number of rotatable bonds is 2. The first-order valence-electron chi connectivity index (χ1n) is 9.82. The number of hydrogen-bond donors (Lipinski definition) is 0. The molecule has 0 aromatic carbocycles. The maximum Gasteiger partial charge on any atom is -0.0295 e. The molecule has 3 aliphatic carbocycles. The summed E-state index contributed by atoms with van der Waals surface area (Å²) in [4.78, 5) is 0. The number of fused-ring (bicyclic) bond motifs is 1. The molecule has 0 aromatic rings. The van der Waals surface area contributed by atoms with Crippen molar-refractivity contribution in [3.8, 4) is 0 Å². The zero-order valence-electron chi connectivity index (χ0n) is 15.3. The average Bonchev–Trinajstić information content (AvgIpc) is 3.06.